The maximum Gasteiger partial charge on any atom is 0.413 e. The van der Waals surface area contributed by atoms with E-state index in [2.05, 4.69) is 22.5 Å². The van der Waals surface area contributed by atoms with Gasteiger partial charge in [-0.15, -0.1) is 34.0 Å². The normalized spacial score (nSPS) is 15.0. The van der Waals surface area contributed by atoms with Crippen LogP contribution in [0.25, 0.3) is 29.6 Å². The number of carboxylic acids is 1. The van der Waals surface area contributed by atoms with E-state index in [1.807, 2.05) is 49.4 Å². The van der Waals surface area contributed by atoms with Gasteiger partial charge in [0.15, 0.2) is 0 Å². The Morgan fingerprint density at radius 1 is 1.03 bits per heavy atom. The summed E-state index contributed by atoms with van der Waals surface area (Å²) in [6.45, 7) is 1.84. The number of ether oxygens (including phenoxy) is 1. The minimum Gasteiger partial charge on any atom is -0.481 e. The fourth-order valence-electron chi connectivity index (χ4n) is 4.35. The molecule has 2 N–H and O–H groups in total. The van der Waals surface area contributed by atoms with E-state index >= 15 is 0 Å². The number of hydrogen-bond acceptors (Lipinski definition) is 7. The minimum atomic E-state index is -0.725. The van der Waals surface area contributed by atoms with Crippen LogP contribution in [0.3, 0.4) is 0 Å². The van der Waals surface area contributed by atoms with Gasteiger partial charge in [0, 0.05) is 36.0 Å². The lowest BCUT2D eigenvalue weighted by molar-refractivity contribution is -0.139. The first-order valence-corrected chi connectivity index (χ1v) is 14.2. The zero-order valence-electron chi connectivity index (χ0n) is 20.1. The summed E-state index contributed by atoms with van der Waals surface area (Å²) in [7, 11) is 1.78. The Hall–Kier alpha value is -3.47. The molecule has 6 rings (SSSR count). The van der Waals surface area contributed by atoms with E-state index in [4.69, 9.17) is 4.74 Å². The van der Waals surface area contributed by atoms with Crippen molar-refractivity contribution >= 4 is 61.3 Å². The molecule has 0 aliphatic heterocycles. The molecule has 0 radical (unpaired) electrons. The van der Waals surface area contributed by atoms with Crippen LogP contribution in [0, 0.1) is 0 Å². The maximum atomic E-state index is 12.7. The molecule has 37 heavy (non-hydrogen) atoms. The summed E-state index contributed by atoms with van der Waals surface area (Å²) in [6, 6.07) is 17.9. The number of thiophene rings is 3. The third-order valence-corrected chi connectivity index (χ3v) is 10.5. The van der Waals surface area contributed by atoms with E-state index in [-0.39, 0.29) is 6.10 Å². The van der Waals surface area contributed by atoms with E-state index in [0.29, 0.717) is 18.7 Å². The Labute approximate surface area is 225 Å². The van der Waals surface area contributed by atoms with Crippen molar-refractivity contribution in [3.63, 3.8) is 0 Å². The van der Waals surface area contributed by atoms with Gasteiger partial charge in [-0.05, 0) is 49.6 Å². The zero-order valence-corrected chi connectivity index (χ0v) is 22.5. The van der Waals surface area contributed by atoms with E-state index in [1.54, 1.807) is 51.9 Å². The highest BCUT2D eigenvalue weighted by molar-refractivity contribution is 7.32. The van der Waals surface area contributed by atoms with Gasteiger partial charge in [0.1, 0.15) is 17.3 Å². The monoisotopic (exact) mass is 549 g/mol. The summed E-state index contributed by atoms with van der Waals surface area (Å²) in [5, 5.41) is 16.8. The van der Waals surface area contributed by atoms with Crippen LogP contribution in [0.15, 0.2) is 60.8 Å². The molecule has 188 valence electrons. The van der Waals surface area contributed by atoms with E-state index in [1.165, 1.54) is 0 Å². The fourth-order valence-corrected chi connectivity index (χ4v) is 8.09. The topological polar surface area (TPSA) is 93.4 Å². The number of carbonyl (C=O) groups is 2. The highest BCUT2D eigenvalue weighted by Gasteiger charge is 2.52. The highest BCUT2D eigenvalue weighted by Crippen LogP contribution is 2.53. The first-order valence-electron chi connectivity index (χ1n) is 11.8. The van der Waals surface area contributed by atoms with E-state index < -0.39 is 17.5 Å². The van der Waals surface area contributed by atoms with Crippen LogP contribution in [-0.4, -0.2) is 26.9 Å². The van der Waals surface area contributed by atoms with Crippen LogP contribution >= 0.6 is 34.0 Å². The number of carboxylic acid groups (broad SMARTS) is 1. The predicted molar refractivity (Wildman–Crippen MR) is 149 cm³/mol. The number of benzene rings is 1. The van der Waals surface area contributed by atoms with Crippen molar-refractivity contribution in [2.75, 3.05) is 5.32 Å². The molecule has 5 aromatic rings. The molecule has 4 aromatic heterocycles. The minimum absolute atomic E-state index is 0.383. The molecule has 0 bridgehead atoms. The van der Waals surface area contributed by atoms with Gasteiger partial charge in [-0.2, -0.15) is 5.10 Å². The van der Waals surface area contributed by atoms with Crippen molar-refractivity contribution in [2.45, 2.75) is 31.3 Å². The number of rotatable bonds is 7. The molecule has 0 spiro atoms. The third-order valence-electron chi connectivity index (χ3n) is 6.66. The summed E-state index contributed by atoms with van der Waals surface area (Å²) in [6.07, 6.45) is 2.26. The van der Waals surface area contributed by atoms with Crippen molar-refractivity contribution in [2.24, 2.45) is 7.05 Å². The molecule has 1 aromatic carbocycles. The van der Waals surface area contributed by atoms with Gasteiger partial charge in [0.05, 0.1) is 11.8 Å². The van der Waals surface area contributed by atoms with Gasteiger partial charge < -0.3 is 9.84 Å². The summed E-state index contributed by atoms with van der Waals surface area (Å²) >= 11 is 4.90. The summed E-state index contributed by atoms with van der Waals surface area (Å²) < 4.78 is 9.50. The molecule has 1 amide bonds. The lowest BCUT2D eigenvalue weighted by atomic mass is 10.1. The van der Waals surface area contributed by atoms with Gasteiger partial charge in [0.25, 0.3) is 0 Å². The molecule has 10 heteroatoms. The van der Waals surface area contributed by atoms with Crippen LogP contribution in [0.5, 0.6) is 0 Å². The molecule has 1 unspecified atom stereocenters. The average molecular weight is 550 g/mol. The van der Waals surface area contributed by atoms with Crippen LogP contribution in [0.2, 0.25) is 0 Å². The van der Waals surface area contributed by atoms with Gasteiger partial charge in [-0.3, -0.25) is 14.8 Å². The number of aryl methyl sites for hydroxylation is 1. The Kier molecular flexibility index (Phi) is 5.89. The van der Waals surface area contributed by atoms with Crippen LogP contribution in [0.4, 0.5) is 10.6 Å². The van der Waals surface area contributed by atoms with Crippen LogP contribution < -0.4 is 5.32 Å². The van der Waals surface area contributed by atoms with Crippen molar-refractivity contribution in [1.29, 1.82) is 0 Å². The standard InChI is InChI=1S/C27H23N3O4S3/c1-15(16-6-4-3-5-7-16)34-26(33)29-24-17(14-28-30(24)2)19-12-21-22(35-19)13-20(36-21)18-8-9-23(37-18)27(10-11-27)25(31)32/h3-9,12-15H,10-11H2,1-2H3,(H,29,33)(H,31,32). The van der Waals surface area contributed by atoms with Gasteiger partial charge >= 0.3 is 12.1 Å². The molecule has 1 fully saturated rings. The third kappa shape index (κ3) is 4.35. The Morgan fingerprint density at radius 3 is 2.43 bits per heavy atom. The van der Waals surface area contributed by atoms with E-state index in [9.17, 15) is 14.7 Å². The average Bonchev–Trinajstić information content (AvgIpc) is 3.19. The lowest BCUT2D eigenvalue weighted by Crippen LogP contribution is -2.18. The van der Waals surface area contributed by atoms with E-state index in [0.717, 1.165) is 40.0 Å². The Bertz CT molecular complexity index is 1590. The number of nitrogens with zero attached hydrogens (tertiary/aromatic N) is 2. The molecular formula is C27H23N3O4S3. The predicted octanol–water partition coefficient (Wildman–Crippen LogP) is 7.52. The number of aliphatic carboxylic acids is 1. The quantitative estimate of drug-likeness (QED) is 0.219. The number of nitrogens with one attached hydrogen (secondary N) is 1. The summed E-state index contributed by atoms with van der Waals surface area (Å²) in [4.78, 5) is 28.5. The summed E-state index contributed by atoms with van der Waals surface area (Å²) in [5.41, 5.74) is 1.08. The highest BCUT2D eigenvalue weighted by atomic mass is 32.1. The second-order valence-corrected chi connectivity index (χ2v) is 12.4. The number of aromatic nitrogens is 2. The second kappa shape index (κ2) is 9.13. The van der Waals surface area contributed by atoms with Crippen molar-refractivity contribution in [3.05, 3.63) is 71.2 Å². The lowest BCUT2D eigenvalue weighted by Gasteiger charge is -2.14. The summed E-state index contributed by atoms with van der Waals surface area (Å²) in [5.74, 6) is -0.150. The fraction of sp³-hybridized carbons (Fsp3) is 0.222. The van der Waals surface area contributed by atoms with Gasteiger partial charge in [-0.25, -0.2) is 4.79 Å². The van der Waals surface area contributed by atoms with Crippen molar-refractivity contribution in [3.8, 4) is 20.2 Å². The van der Waals surface area contributed by atoms with Crippen LogP contribution in [0.1, 0.15) is 36.3 Å². The molecular weight excluding hydrogens is 527 g/mol. The number of anilines is 1. The Balaban J connectivity index is 1.21. The van der Waals surface area contributed by atoms with Crippen molar-refractivity contribution < 1.29 is 19.4 Å². The molecule has 1 saturated carbocycles. The first kappa shape index (κ1) is 23.9. The molecule has 1 aliphatic carbocycles. The van der Waals surface area contributed by atoms with Crippen molar-refractivity contribution in [1.82, 2.24) is 9.78 Å². The number of carbonyl (C=O) groups excluding carboxylic acids is 1. The SMILES string of the molecule is CC(OC(=O)Nc1c(-c2cc3sc(-c4ccc(C5(C(=O)O)CC5)s4)cc3s2)cnn1C)c1ccccc1. The largest absolute Gasteiger partial charge is 0.481 e. The molecule has 4 heterocycles. The first-order chi connectivity index (χ1) is 17.8. The second-order valence-electron chi connectivity index (χ2n) is 9.11. The Morgan fingerprint density at radius 2 is 1.73 bits per heavy atom. The molecule has 1 aliphatic rings. The van der Waals surface area contributed by atoms with Crippen LogP contribution in [-0.2, 0) is 22.0 Å². The molecule has 1 atom stereocenters. The van der Waals surface area contributed by atoms with Gasteiger partial charge in [0.2, 0.25) is 0 Å². The number of fused-ring (bicyclic) bond motifs is 1. The number of amides is 1. The smallest absolute Gasteiger partial charge is 0.413 e. The molecule has 0 saturated heterocycles. The van der Waals surface area contributed by atoms with Gasteiger partial charge in [-0.1, -0.05) is 30.3 Å². The zero-order chi connectivity index (χ0) is 25.7. The number of hydrogen-bond donors (Lipinski definition) is 2. The maximum absolute atomic E-state index is 12.7. The molecule has 7 nitrogen and oxygen atoms in total.